The number of hydrogen-bond donors (Lipinski definition) is 0. The van der Waals surface area contributed by atoms with Gasteiger partial charge in [0.1, 0.15) is 0 Å². The highest BCUT2D eigenvalue weighted by Gasteiger charge is 2.23. The van der Waals surface area contributed by atoms with E-state index in [0.717, 1.165) is 27.5 Å². The monoisotopic (exact) mass is 435 g/mol. The van der Waals surface area contributed by atoms with Crippen molar-refractivity contribution >= 4 is 33.7 Å². The second kappa shape index (κ2) is 8.28. The van der Waals surface area contributed by atoms with Crippen LogP contribution in [-0.4, -0.2) is 30.7 Å². The lowest BCUT2D eigenvalue weighted by Gasteiger charge is -2.14. The quantitative estimate of drug-likeness (QED) is 0.324. The first-order chi connectivity index (χ1) is 16.1. The summed E-state index contributed by atoms with van der Waals surface area (Å²) in [4.78, 5) is 25.4. The number of rotatable bonds is 4. The summed E-state index contributed by atoms with van der Waals surface area (Å²) in [5.41, 5.74) is 4.88. The number of carbonyl (C=O) groups excluding carboxylic acids is 2. The topological polar surface area (TPSA) is 57.5 Å². The van der Waals surface area contributed by atoms with Crippen molar-refractivity contribution in [2.24, 2.45) is 0 Å². The Bertz CT molecular complexity index is 1520. The summed E-state index contributed by atoms with van der Waals surface area (Å²) in [6.45, 7) is 0. The molecule has 0 bridgehead atoms. The van der Waals surface area contributed by atoms with E-state index in [4.69, 9.17) is 9.47 Å². The molecule has 0 aliphatic carbocycles. The van der Waals surface area contributed by atoms with Crippen molar-refractivity contribution < 1.29 is 19.1 Å². The van der Waals surface area contributed by atoms with Crippen LogP contribution in [0.4, 0.5) is 0 Å². The third kappa shape index (κ3) is 3.34. The fourth-order valence-electron chi connectivity index (χ4n) is 4.38. The Morgan fingerprint density at radius 3 is 2.00 bits per heavy atom. The van der Waals surface area contributed by atoms with E-state index in [9.17, 15) is 9.59 Å². The van der Waals surface area contributed by atoms with Gasteiger partial charge in [0.15, 0.2) is 0 Å². The molecule has 0 aliphatic rings. The van der Waals surface area contributed by atoms with Gasteiger partial charge in [0.05, 0.1) is 36.4 Å². The highest BCUT2D eigenvalue weighted by Crippen LogP contribution is 2.38. The molecule has 0 saturated heterocycles. The first kappa shape index (κ1) is 20.5. The Kier molecular flexibility index (Phi) is 5.15. The van der Waals surface area contributed by atoms with Crippen molar-refractivity contribution in [3.05, 3.63) is 102 Å². The van der Waals surface area contributed by atoms with Crippen LogP contribution >= 0.6 is 0 Å². The predicted octanol–water partition coefficient (Wildman–Crippen LogP) is 6.02. The minimum absolute atomic E-state index is 0.376. The van der Waals surface area contributed by atoms with Gasteiger partial charge in [-0.25, -0.2) is 9.59 Å². The molecule has 0 amide bonds. The first-order valence-corrected chi connectivity index (χ1v) is 10.5. The minimum Gasteiger partial charge on any atom is -0.465 e. The Labute approximate surface area is 190 Å². The zero-order valence-electron chi connectivity index (χ0n) is 18.2. The molecular formula is C28H21NO4. The molecule has 5 nitrogen and oxygen atoms in total. The lowest BCUT2D eigenvalue weighted by molar-refractivity contribution is 0.0590. The molecule has 5 aromatic rings. The molecule has 4 aromatic carbocycles. The van der Waals surface area contributed by atoms with E-state index >= 15 is 0 Å². The summed E-state index contributed by atoms with van der Waals surface area (Å²) in [5.74, 6) is -0.940. The third-order valence-electron chi connectivity index (χ3n) is 5.85. The Balaban J connectivity index is 1.92. The fourth-order valence-corrected chi connectivity index (χ4v) is 4.38. The first-order valence-electron chi connectivity index (χ1n) is 10.5. The van der Waals surface area contributed by atoms with Gasteiger partial charge in [-0.3, -0.25) is 0 Å². The second-order valence-corrected chi connectivity index (χ2v) is 7.63. The summed E-state index contributed by atoms with van der Waals surface area (Å²) >= 11 is 0. The van der Waals surface area contributed by atoms with Crippen LogP contribution in [0.1, 0.15) is 20.7 Å². The van der Waals surface area contributed by atoms with Gasteiger partial charge in [-0.15, -0.1) is 0 Å². The standard InChI is InChI=1S/C28H21NO4/c1-32-27(30)21-14-7-6-12-19(21)22-16-23-20-13-8-9-15-25(20)29(18-10-4-3-5-11-18)26(23)17-24(22)28(31)33-2/h3-17H,1-2H3. The molecule has 5 heteroatoms. The molecule has 0 radical (unpaired) electrons. The van der Waals surface area contributed by atoms with Gasteiger partial charge >= 0.3 is 11.9 Å². The van der Waals surface area contributed by atoms with E-state index in [0.29, 0.717) is 22.3 Å². The zero-order valence-corrected chi connectivity index (χ0v) is 18.2. The summed E-state index contributed by atoms with van der Waals surface area (Å²) in [6, 6.07) is 29.0. The lowest BCUT2D eigenvalue weighted by Crippen LogP contribution is -2.08. The van der Waals surface area contributed by atoms with E-state index in [2.05, 4.69) is 16.7 Å². The number of para-hydroxylation sites is 2. The smallest absolute Gasteiger partial charge is 0.338 e. The highest BCUT2D eigenvalue weighted by atomic mass is 16.5. The van der Waals surface area contributed by atoms with Gasteiger partial charge < -0.3 is 14.0 Å². The molecule has 162 valence electrons. The van der Waals surface area contributed by atoms with Crippen molar-refractivity contribution in [1.82, 2.24) is 4.57 Å². The summed E-state index contributed by atoms with van der Waals surface area (Å²) < 4.78 is 12.2. The number of esters is 2. The molecule has 0 fully saturated rings. The average molecular weight is 435 g/mol. The minimum atomic E-state index is -0.476. The predicted molar refractivity (Wildman–Crippen MR) is 129 cm³/mol. The van der Waals surface area contributed by atoms with Gasteiger partial charge in [0, 0.05) is 16.5 Å². The van der Waals surface area contributed by atoms with Crippen LogP contribution in [0.2, 0.25) is 0 Å². The van der Waals surface area contributed by atoms with Gasteiger partial charge in [-0.1, -0.05) is 54.6 Å². The number of nitrogens with zero attached hydrogens (tertiary/aromatic N) is 1. The number of benzene rings is 4. The van der Waals surface area contributed by atoms with E-state index in [1.807, 2.05) is 66.7 Å². The molecule has 1 aromatic heterocycles. The zero-order chi connectivity index (χ0) is 22.9. The van der Waals surface area contributed by atoms with Crippen LogP contribution < -0.4 is 0 Å². The molecule has 5 rings (SSSR count). The maximum absolute atomic E-state index is 12.9. The van der Waals surface area contributed by atoms with E-state index in [1.54, 1.807) is 12.1 Å². The van der Waals surface area contributed by atoms with Crippen molar-refractivity contribution in [3.8, 4) is 16.8 Å². The Morgan fingerprint density at radius 1 is 0.606 bits per heavy atom. The Morgan fingerprint density at radius 2 is 1.24 bits per heavy atom. The number of fused-ring (bicyclic) bond motifs is 3. The molecular weight excluding hydrogens is 414 g/mol. The molecule has 0 unspecified atom stereocenters. The van der Waals surface area contributed by atoms with Gasteiger partial charge in [0.2, 0.25) is 0 Å². The van der Waals surface area contributed by atoms with Crippen LogP contribution in [0.25, 0.3) is 38.6 Å². The summed E-state index contributed by atoms with van der Waals surface area (Å²) in [5, 5.41) is 2.02. The molecule has 33 heavy (non-hydrogen) atoms. The SMILES string of the molecule is COC(=O)c1ccccc1-c1cc2c3ccccc3n(-c3ccccc3)c2cc1C(=O)OC. The number of ether oxygens (including phenoxy) is 2. The number of carbonyl (C=O) groups is 2. The normalized spacial score (nSPS) is 11.0. The number of aromatic nitrogens is 1. The van der Waals surface area contributed by atoms with Crippen LogP contribution in [0, 0.1) is 0 Å². The van der Waals surface area contributed by atoms with E-state index in [-0.39, 0.29) is 0 Å². The molecule has 0 spiro atoms. The summed E-state index contributed by atoms with van der Waals surface area (Å²) in [6.07, 6.45) is 0. The molecule has 0 atom stereocenters. The van der Waals surface area contributed by atoms with Crippen molar-refractivity contribution in [2.75, 3.05) is 14.2 Å². The second-order valence-electron chi connectivity index (χ2n) is 7.63. The maximum atomic E-state index is 12.9. The number of methoxy groups -OCH3 is 2. The molecule has 0 aliphatic heterocycles. The largest absolute Gasteiger partial charge is 0.465 e. The van der Waals surface area contributed by atoms with Crippen LogP contribution in [-0.2, 0) is 9.47 Å². The van der Waals surface area contributed by atoms with E-state index in [1.165, 1.54) is 14.2 Å². The lowest BCUT2D eigenvalue weighted by atomic mass is 9.93. The van der Waals surface area contributed by atoms with Crippen molar-refractivity contribution in [1.29, 1.82) is 0 Å². The highest BCUT2D eigenvalue weighted by molar-refractivity contribution is 6.14. The van der Waals surface area contributed by atoms with Gasteiger partial charge in [-0.05, 0) is 47.5 Å². The molecule has 0 N–H and O–H groups in total. The van der Waals surface area contributed by atoms with Gasteiger partial charge in [0.25, 0.3) is 0 Å². The van der Waals surface area contributed by atoms with Crippen molar-refractivity contribution in [2.45, 2.75) is 0 Å². The van der Waals surface area contributed by atoms with Crippen molar-refractivity contribution in [3.63, 3.8) is 0 Å². The van der Waals surface area contributed by atoms with E-state index < -0.39 is 11.9 Å². The van der Waals surface area contributed by atoms with Crippen LogP contribution in [0.15, 0.2) is 91.0 Å². The number of hydrogen-bond acceptors (Lipinski definition) is 4. The molecule has 1 heterocycles. The van der Waals surface area contributed by atoms with Crippen LogP contribution in [0.3, 0.4) is 0 Å². The maximum Gasteiger partial charge on any atom is 0.338 e. The fraction of sp³-hybridized carbons (Fsp3) is 0.0714. The Hall–Kier alpha value is -4.38. The average Bonchev–Trinajstić information content (AvgIpc) is 3.21. The third-order valence-corrected chi connectivity index (χ3v) is 5.85. The van der Waals surface area contributed by atoms with Gasteiger partial charge in [-0.2, -0.15) is 0 Å². The van der Waals surface area contributed by atoms with Crippen LogP contribution in [0.5, 0.6) is 0 Å². The molecule has 0 saturated carbocycles. The summed E-state index contributed by atoms with van der Waals surface area (Å²) in [7, 11) is 2.70.